The maximum atomic E-state index is 12.2. The van der Waals surface area contributed by atoms with Crippen molar-refractivity contribution >= 4 is 22.8 Å². The minimum atomic E-state index is -0.221. The molecule has 0 aliphatic carbocycles. The summed E-state index contributed by atoms with van der Waals surface area (Å²) in [6, 6.07) is 7.95. The molecule has 1 aliphatic heterocycles. The van der Waals surface area contributed by atoms with Gasteiger partial charge in [0.1, 0.15) is 0 Å². The first kappa shape index (κ1) is 15.1. The normalized spacial score (nSPS) is 13.5. The van der Waals surface area contributed by atoms with Gasteiger partial charge in [0.2, 0.25) is 5.91 Å². The maximum absolute atomic E-state index is 12.2. The molecule has 6 nitrogen and oxygen atoms in total. The largest absolute Gasteiger partial charge is 0.357 e. The predicted octanol–water partition coefficient (Wildman–Crippen LogP) is 1.54. The molecule has 3 amide bonds. The lowest BCUT2D eigenvalue weighted by atomic mass is 10.0. The van der Waals surface area contributed by atoms with E-state index in [4.69, 9.17) is 0 Å². The molecule has 0 fully saturated rings. The van der Waals surface area contributed by atoms with Crippen molar-refractivity contribution in [3.05, 3.63) is 48.2 Å². The summed E-state index contributed by atoms with van der Waals surface area (Å²) in [5, 5.41) is 6.51. The van der Waals surface area contributed by atoms with E-state index in [-0.39, 0.29) is 18.5 Å². The SMILES string of the molecule is C=CCNC(=O)CNC(=O)N1CCc2c([nH]c3ccccc23)C1. The number of carbonyl (C=O) groups is 2. The van der Waals surface area contributed by atoms with Crippen LogP contribution in [0.2, 0.25) is 0 Å². The maximum Gasteiger partial charge on any atom is 0.318 e. The predicted molar refractivity (Wildman–Crippen MR) is 89.0 cm³/mol. The number of fused-ring (bicyclic) bond motifs is 3. The van der Waals surface area contributed by atoms with Crippen molar-refractivity contribution in [3.63, 3.8) is 0 Å². The lowest BCUT2D eigenvalue weighted by Crippen LogP contribution is -2.46. The van der Waals surface area contributed by atoms with E-state index < -0.39 is 0 Å². The lowest BCUT2D eigenvalue weighted by molar-refractivity contribution is -0.119. The van der Waals surface area contributed by atoms with Crippen molar-refractivity contribution in [1.82, 2.24) is 20.5 Å². The van der Waals surface area contributed by atoms with Crippen LogP contribution in [0, 0.1) is 0 Å². The highest BCUT2D eigenvalue weighted by Gasteiger charge is 2.23. The molecule has 2 heterocycles. The van der Waals surface area contributed by atoms with Gasteiger partial charge in [-0.2, -0.15) is 0 Å². The second-order valence-electron chi connectivity index (χ2n) is 5.55. The fraction of sp³-hybridized carbons (Fsp3) is 0.294. The smallest absolute Gasteiger partial charge is 0.318 e. The molecule has 6 heteroatoms. The van der Waals surface area contributed by atoms with Gasteiger partial charge < -0.3 is 20.5 Å². The van der Waals surface area contributed by atoms with Crippen LogP contribution in [-0.2, 0) is 17.8 Å². The summed E-state index contributed by atoms with van der Waals surface area (Å²) in [6.45, 7) is 5.08. The van der Waals surface area contributed by atoms with Crippen LogP contribution in [0.1, 0.15) is 11.3 Å². The third-order valence-corrected chi connectivity index (χ3v) is 4.01. The van der Waals surface area contributed by atoms with E-state index in [0.717, 1.165) is 17.6 Å². The zero-order valence-corrected chi connectivity index (χ0v) is 12.9. The van der Waals surface area contributed by atoms with Crippen LogP contribution in [0.15, 0.2) is 36.9 Å². The van der Waals surface area contributed by atoms with Crippen molar-refractivity contribution in [3.8, 4) is 0 Å². The third kappa shape index (κ3) is 3.21. The van der Waals surface area contributed by atoms with Gasteiger partial charge in [-0.3, -0.25) is 4.79 Å². The highest BCUT2D eigenvalue weighted by molar-refractivity contribution is 5.86. The van der Waals surface area contributed by atoms with Crippen molar-refractivity contribution in [2.24, 2.45) is 0 Å². The first-order valence-electron chi connectivity index (χ1n) is 7.68. The average molecular weight is 312 g/mol. The molecule has 0 bridgehead atoms. The zero-order chi connectivity index (χ0) is 16.2. The van der Waals surface area contributed by atoms with Crippen LogP contribution in [0.3, 0.4) is 0 Å². The Bertz CT molecular complexity index is 750. The summed E-state index contributed by atoms with van der Waals surface area (Å²) in [5.74, 6) is -0.221. The van der Waals surface area contributed by atoms with E-state index in [1.165, 1.54) is 10.9 Å². The quantitative estimate of drug-likeness (QED) is 0.749. The molecule has 0 radical (unpaired) electrons. The number of aromatic nitrogens is 1. The summed E-state index contributed by atoms with van der Waals surface area (Å²) in [6.07, 6.45) is 2.41. The van der Waals surface area contributed by atoms with Crippen molar-refractivity contribution < 1.29 is 9.59 Å². The van der Waals surface area contributed by atoms with E-state index >= 15 is 0 Å². The second-order valence-corrected chi connectivity index (χ2v) is 5.55. The highest BCUT2D eigenvalue weighted by Crippen LogP contribution is 2.27. The number of aromatic amines is 1. The molecular weight excluding hydrogens is 292 g/mol. The fourth-order valence-electron chi connectivity index (χ4n) is 2.88. The topological polar surface area (TPSA) is 77.2 Å². The molecule has 23 heavy (non-hydrogen) atoms. The molecule has 1 aromatic carbocycles. The number of nitrogens with zero attached hydrogens (tertiary/aromatic N) is 1. The Hall–Kier alpha value is -2.76. The number of para-hydroxylation sites is 1. The number of benzene rings is 1. The third-order valence-electron chi connectivity index (χ3n) is 4.01. The number of amides is 3. The summed E-state index contributed by atoms with van der Waals surface area (Å²) in [4.78, 5) is 28.8. The number of nitrogens with one attached hydrogen (secondary N) is 3. The molecule has 0 saturated heterocycles. The van der Waals surface area contributed by atoms with Crippen molar-refractivity contribution in [2.45, 2.75) is 13.0 Å². The van der Waals surface area contributed by atoms with E-state index in [9.17, 15) is 9.59 Å². The van der Waals surface area contributed by atoms with Gasteiger partial charge in [-0.25, -0.2) is 4.79 Å². The van der Waals surface area contributed by atoms with Gasteiger partial charge >= 0.3 is 6.03 Å². The Kier molecular flexibility index (Phi) is 4.32. The molecule has 3 rings (SSSR count). The van der Waals surface area contributed by atoms with Crippen LogP contribution >= 0.6 is 0 Å². The van der Waals surface area contributed by atoms with Gasteiger partial charge in [0.05, 0.1) is 13.1 Å². The van der Waals surface area contributed by atoms with Crippen LogP contribution in [0.5, 0.6) is 0 Å². The number of urea groups is 1. The molecule has 1 aromatic heterocycles. The first-order chi connectivity index (χ1) is 11.2. The molecule has 3 N–H and O–H groups in total. The Morgan fingerprint density at radius 2 is 2.13 bits per heavy atom. The van der Waals surface area contributed by atoms with Crippen LogP contribution < -0.4 is 10.6 Å². The van der Waals surface area contributed by atoms with Gasteiger partial charge in [0.15, 0.2) is 0 Å². The highest BCUT2D eigenvalue weighted by atomic mass is 16.2. The number of hydrogen-bond acceptors (Lipinski definition) is 2. The molecule has 2 aromatic rings. The second kappa shape index (κ2) is 6.56. The van der Waals surface area contributed by atoms with Gasteiger partial charge in [-0.15, -0.1) is 6.58 Å². The number of H-pyrrole nitrogens is 1. The van der Waals surface area contributed by atoms with Crippen LogP contribution in [-0.4, -0.2) is 41.5 Å². The molecule has 0 unspecified atom stereocenters. The molecular formula is C17H20N4O2. The minimum absolute atomic E-state index is 0.0251. The Morgan fingerprint density at radius 3 is 2.96 bits per heavy atom. The lowest BCUT2D eigenvalue weighted by Gasteiger charge is -2.27. The number of hydrogen-bond donors (Lipinski definition) is 3. The molecule has 120 valence electrons. The summed E-state index contributed by atoms with van der Waals surface area (Å²) < 4.78 is 0. The number of carbonyl (C=O) groups excluding carboxylic acids is 2. The van der Waals surface area contributed by atoms with E-state index in [2.05, 4.69) is 28.3 Å². The van der Waals surface area contributed by atoms with Gasteiger partial charge in [0.25, 0.3) is 0 Å². The molecule has 0 atom stereocenters. The Morgan fingerprint density at radius 1 is 1.30 bits per heavy atom. The molecule has 0 spiro atoms. The minimum Gasteiger partial charge on any atom is -0.357 e. The zero-order valence-electron chi connectivity index (χ0n) is 12.9. The van der Waals surface area contributed by atoms with Crippen LogP contribution in [0.4, 0.5) is 4.79 Å². The molecule has 1 aliphatic rings. The van der Waals surface area contributed by atoms with Gasteiger partial charge in [-0.1, -0.05) is 24.3 Å². The van der Waals surface area contributed by atoms with E-state index in [1.807, 2.05) is 18.2 Å². The monoisotopic (exact) mass is 312 g/mol. The van der Waals surface area contributed by atoms with Gasteiger partial charge in [0, 0.05) is 29.7 Å². The standard InChI is InChI=1S/C17H20N4O2/c1-2-8-18-16(22)10-19-17(23)21-9-7-13-12-5-3-4-6-14(12)20-15(13)11-21/h2-6,20H,1,7-11H2,(H,18,22)(H,19,23). The van der Waals surface area contributed by atoms with Gasteiger partial charge in [-0.05, 0) is 18.1 Å². The Labute approximate surface area is 134 Å². The van der Waals surface area contributed by atoms with E-state index in [0.29, 0.717) is 19.6 Å². The fourth-order valence-corrected chi connectivity index (χ4v) is 2.88. The number of rotatable bonds is 4. The van der Waals surface area contributed by atoms with Crippen LogP contribution in [0.25, 0.3) is 10.9 Å². The summed E-state index contributed by atoms with van der Waals surface area (Å²) in [7, 11) is 0. The molecule has 0 saturated carbocycles. The Balaban J connectivity index is 1.61. The first-order valence-corrected chi connectivity index (χ1v) is 7.68. The van der Waals surface area contributed by atoms with E-state index in [1.54, 1.807) is 11.0 Å². The summed E-state index contributed by atoms with van der Waals surface area (Å²) >= 11 is 0. The average Bonchev–Trinajstić information content (AvgIpc) is 2.95. The summed E-state index contributed by atoms with van der Waals surface area (Å²) in [5.41, 5.74) is 3.46. The van der Waals surface area contributed by atoms with Crippen molar-refractivity contribution in [1.29, 1.82) is 0 Å². The van der Waals surface area contributed by atoms with Crippen molar-refractivity contribution in [2.75, 3.05) is 19.6 Å².